The lowest BCUT2D eigenvalue weighted by Crippen LogP contribution is -2.21. The summed E-state index contributed by atoms with van der Waals surface area (Å²) in [5.74, 6) is 2.91. The minimum Gasteiger partial charge on any atom is -0.508 e. The third-order valence-electron chi connectivity index (χ3n) is 3.80. The second kappa shape index (κ2) is 6.80. The predicted octanol–water partition coefficient (Wildman–Crippen LogP) is 3.38. The van der Waals surface area contributed by atoms with E-state index in [4.69, 9.17) is 21.6 Å². The number of rotatable bonds is 3. The molecule has 0 radical (unpaired) electrons. The number of hydrogen-bond donors (Lipinski definition) is 2. The van der Waals surface area contributed by atoms with E-state index in [0.717, 1.165) is 10.0 Å². The van der Waals surface area contributed by atoms with Crippen LogP contribution in [0.2, 0.25) is 0 Å². The van der Waals surface area contributed by atoms with Gasteiger partial charge in [-0.1, -0.05) is 27.9 Å². The summed E-state index contributed by atoms with van der Waals surface area (Å²) >= 11 is 3.44. The Morgan fingerprint density at radius 1 is 1.28 bits per heavy atom. The van der Waals surface area contributed by atoms with Gasteiger partial charge >= 0.3 is 0 Å². The fourth-order valence-electron chi connectivity index (χ4n) is 2.76. The van der Waals surface area contributed by atoms with Gasteiger partial charge in [-0.05, 0) is 24.3 Å². The summed E-state index contributed by atoms with van der Waals surface area (Å²) in [5.41, 5.74) is 7.63. The molecule has 6 heteroatoms. The van der Waals surface area contributed by atoms with Crippen LogP contribution in [-0.2, 0) is 0 Å². The minimum atomic E-state index is -0.500. The highest BCUT2D eigenvalue weighted by Gasteiger charge is 2.32. The molecule has 0 bridgehead atoms. The molecule has 0 aromatic heterocycles. The zero-order valence-electron chi connectivity index (χ0n) is 13.0. The van der Waals surface area contributed by atoms with E-state index in [1.165, 1.54) is 12.1 Å². The maximum Gasteiger partial charge on any atom is 0.205 e. The van der Waals surface area contributed by atoms with Gasteiger partial charge in [0.15, 0.2) is 0 Å². The van der Waals surface area contributed by atoms with Crippen LogP contribution >= 0.6 is 15.9 Å². The van der Waals surface area contributed by atoms with Crippen LogP contribution in [0, 0.1) is 23.7 Å². The van der Waals surface area contributed by atoms with E-state index in [1.54, 1.807) is 12.1 Å². The van der Waals surface area contributed by atoms with Crippen LogP contribution in [0.3, 0.4) is 0 Å². The largest absolute Gasteiger partial charge is 0.508 e. The molecule has 0 fully saturated rings. The topological polar surface area (TPSA) is 88.5 Å². The van der Waals surface area contributed by atoms with Gasteiger partial charge < -0.3 is 20.3 Å². The van der Waals surface area contributed by atoms with E-state index in [-0.39, 0.29) is 23.8 Å². The number of aromatic hydroxyl groups is 1. The maximum absolute atomic E-state index is 9.71. The lowest BCUT2D eigenvalue weighted by molar-refractivity contribution is 0.361. The number of ether oxygens (including phenoxy) is 2. The molecule has 1 aliphatic heterocycles. The Morgan fingerprint density at radius 3 is 2.80 bits per heavy atom. The average Bonchev–Trinajstić information content (AvgIpc) is 2.59. The third-order valence-corrected chi connectivity index (χ3v) is 4.29. The van der Waals surface area contributed by atoms with Crippen LogP contribution in [0.1, 0.15) is 17.0 Å². The second-order valence-electron chi connectivity index (χ2n) is 5.32. The second-order valence-corrected chi connectivity index (χ2v) is 6.24. The van der Waals surface area contributed by atoms with Crippen molar-refractivity contribution in [2.24, 2.45) is 5.73 Å². The molecule has 3 rings (SSSR count). The number of nitriles is 1. The summed E-state index contributed by atoms with van der Waals surface area (Å²) in [7, 11) is 0. The molecule has 0 aliphatic carbocycles. The van der Waals surface area contributed by atoms with Crippen molar-refractivity contribution in [3.8, 4) is 35.7 Å². The molecule has 2 aromatic carbocycles. The number of fused-ring (bicyclic) bond motifs is 1. The monoisotopic (exact) mass is 396 g/mol. The van der Waals surface area contributed by atoms with Gasteiger partial charge in [-0.15, -0.1) is 6.42 Å². The van der Waals surface area contributed by atoms with Crippen molar-refractivity contribution >= 4 is 15.9 Å². The molecular formula is C19H13BrN2O3. The van der Waals surface area contributed by atoms with Crippen LogP contribution in [0.25, 0.3) is 0 Å². The zero-order chi connectivity index (χ0) is 18.0. The van der Waals surface area contributed by atoms with E-state index in [0.29, 0.717) is 17.1 Å². The number of phenolic OH excluding ortho intramolecular Hbond substituents is 1. The molecule has 1 atom stereocenters. The summed E-state index contributed by atoms with van der Waals surface area (Å²) in [6, 6.07) is 12.3. The van der Waals surface area contributed by atoms with Crippen LogP contribution in [-0.4, -0.2) is 11.7 Å². The summed E-state index contributed by atoms with van der Waals surface area (Å²) in [6.07, 6.45) is 5.29. The van der Waals surface area contributed by atoms with Crippen molar-refractivity contribution in [1.82, 2.24) is 0 Å². The zero-order valence-corrected chi connectivity index (χ0v) is 14.6. The van der Waals surface area contributed by atoms with Gasteiger partial charge in [0, 0.05) is 21.7 Å². The molecule has 0 saturated carbocycles. The molecule has 2 aromatic rings. The fraction of sp³-hybridized carbons (Fsp3) is 0.105. The molecule has 1 aliphatic rings. The van der Waals surface area contributed by atoms with Crippen LogP contribution in [0.5, 0.6) is 17.2 Å². The molecule has 0 spiro atoms. The SMILES string of the molecule is C#CCOc1ccc(Br)cc1[C@@H]1C(C#N)=C(N)Oc2cc(O)ccc21. The Bertz CT molecular complexity index is 954. The molecule has 3 N–H and O–H groups in total. The number of nitrogens with zero attached hydrogens (tertiary/aromatic N) is 1. The molecule has 5 nitrogen and oxygen atoms in total. The molecule has 0 saturated heterocycles. The van der Waals surface area contributed by atoms with Crippen LogP contribution < -0.4 is 15.2 Å². The molecule has 0 unspecified atom stereocenters. The Hall–Kier alpha value is -3.09. The molecular weight excluding hydrogens is 384 g/mol. The van der Waals surface area contributed by atoms with Crippen molar-refractivity contribution in [3.63, 3.8) is 0 Å². The molecule has 25 heavy (non-hydrogen) atoms. The number of allylic oxidation sites excluding steroid dienone is 1. The first-order valence-electron chi connectivity index (χ1n) is 7.31. The highest BCUT2D eigenvalue weighted by atomic mass is 79.9. The van der Waals surface area contributed by atoms with Gasteiger partial charge in [-0.3, -0.25) is 0 Å². The van der Waals surface area contributed by atoms with E-state index >= 15 is 0 Å². The van der Waals surface area contributed by atoms with Gasteiger partial charge in [0.25, 0.3) is 0 Å². The Morgan fingerprint density at radius 2 is 2.08 bits per heavy atom. The van der Waals surface area contributed by atoms with Crippen molar-refractivity contribution in [2.75, 3.05) is 6.61 Å². The lowest BCUT2D eigenvalue weighted by atomic mass is 9.83. The highest BCUT2D eigenvalue weighted by Crippen LogP contribution is 2.46. The van der Waals surface area contributed by atoms with E-state index in [1.807, 2.05) is 12.1 Å². The molecule has 124 valence electrons. The standard InChI is InChI=1S/C19H13BrN2O3/c1-2-7-24-16-6-3-11(20)8-14(16)18-13-5-4-12(23)9-17(13)25-19(22)15(18)10-21/h1,3-6,8-9,18,23H,7,22H2/t18-/m1/s1. The van der Waals surface area contributed by atoms with E-state index in [9.17, 15) is 10.4 Å². The van der Waals surface area contributed by atoms with Crippen molar-refractivity contribution in [3.05, 3.63) is 63.5 Å². The maximum atomic E-state index is 9.71. The fourth-order valence-corrected chi connectivity index (χ4v) is 3.14. The van der Waals surface area contributed by atoms with E-state index < -0.39 is 5.92 Å². The summed E-state index contributed by atoms with van der Waals surface area (Å²) in [5, 5.41) is 19.3. The van der Waals surface area contributed by atoms with Gasteiger partial charge in [0.05, 0.1) is 5.92 Å². The Kier molecular flexibility index (Phi) is 4.56. The highest BCUT2D eigenvalue weighted by molar-refractivity contribution is 9.10. The quantitative estimate of drug-likeness (QED) is 0.776. The number of hydrogen-bond acceptors (Lipinski definition) is 5. The van der Waals surface area contributed by atoms with Crippen molar-refractivity contribution < 1.29 is 14.6 Å². The van der Waals surface area contributed by atoms with Gasteiger partial charge in [0.1, 0.15) is 35.5 Å². The van der Waals surface area contributed by atoms with Crippen molar-refractivity contribution in [1.29, 1.82) is 5.26 Å². The van der Waals surface area contributed by atoms with E-state index in [2.05, 4.69) is 27.9 Å². The number of terminal acetylenes is 1. The number of nitrogens with two attached hydrogens (primary N) is 1. The predicted molar refractivity (Wildman–Crippen MR) is 95.9 cm³/mol. The first-order valence-corrected chi connectivity index (χ1v) is 8.10. The van der Waals surface area contributed by atoms with Gasteiger partial charge in [0.2, 0.25) is 5.88 Å². The first-order chi connectivity index (χ1) is 12.0. The minimum absolute atomic E-state index is 0.00604. The van der Waals surface area contributed by atoms with Gasteiger partial charge in [-0.25, -0.2) is 0 Å². The summed E-state index contributed by atoms with van der Waals surface area (Å²) in [6.45, 7) is 0.0986. The Labute approximate surface area is 153 Å². The first kappa shape index (κ1) is 16.8. The number of benzene rings is 2. The summed E-state index contributed by atoms with van der Waals surface area (Å²) in [4.78, 5) is 0. The third kappa shape index (κ3) is 3.13. The number of halogens is 1. The van der Waals surface area contributed by atoms with Crippen LogP contribution in [0.4, 0.5) is 0 Å². The average molecular weight is 397 g/mol. The lowest BCUT2D eigenvalue weighted by Gasteiger charge is -2.27. The van der Waals surface area contributed by atoms with Crippen molar-refractivity contribution in [2.45, 2.75) is 5.92 Å². The van der Waals surface area contributed by atoms with Gasteiger partial charge in [-0.2, -0.15) is 5.26 Å². The summed E-state index contributed by atoms with van der Waals surface area (Å²) < 4.78 is 12.0. The number of phenols is 1. The smallest absolute Gasteiger partial charge is 0.205 e. The molecule has 1 heterocycles. The van der Waals surface area contributed by atoms with Crippen LogP contribution in [0.15, 0.2) is 52.3 Å². The molecule has 0 amide bonds. The normalized spacial score (nSPS) is 15.6. The Balaban J connectivity index is 2.23.